The number of benzene rings is 2. The maximum atomic E-state index is 12.7. The number of ether oxygens (including phenoxy) is 1. The molecule has 0 spiro atoms. The second-order valence-corrected chi connectivity index (χ2v) is 6.72. The first kappa shape index (κ1) is 20.7. The average Bonchev–Trinajstić information content (AvgIpc) is 2.97. The molecule has 1 atom stereocenters. The van der Waals surface area contributed by atoms with Crippen LogP contribution in [0, 0.1) is 0 Å². The molecule has 30 heavy (non-hydrogen) atoms. The first-order chi connectivity index (χ1) is 14.3. The lowest BCUT2D eigenvalue weighted by Crippen LogP contribution is -2.42. The lowest BCUT2D eigenvalue weighted by atomic mass is 9.92. The highest BCUT2D eigenvalue weighted by atomic mass is 16.5. The molecule has 2 N–H and O–H groups in total. The molecule has 1 saturated heterocycles. The Morgan fingerprint density at radius 1 is 1.00 bits per heavy atom. The zero-order valence-electron chi connectivity index (χ0n) is 16.1. The molecule has 3 rings (SSSR count). The van der Waals surface area contributed by atoms with Crippen LogP contribution in [0.5, 0.6) is 0 Å². The fourth-order valence-corrected chi connectivity index (χ4v) is 2.95. The van der Waals surface area contributed by atoms with Crippen LogP contribution in [-0.2, 0) is 24.7 Å². The van der Waals surface area contributed by atoms with E-state index in [9.17, 15) is 24.0 Å². The molecule has 5 amide bonds. The lowest BCUT2D eigenvalue weighted by molar-refractivity contribution is -0.150. The van der Waals surface area contributed by atoms with E-state index in [0.717, 1.165) is 4.90 Å². The fraction of sp³-hybridized carbons (Fsp3) is 0.190. The summed E-state index contributed by atoms with van der Waals surface area (Å²) >= 11 is 0. The molecule has 9 nitrogen and oxygen atoms in total. The number of nitrogens with zero attached hydrogens (tertiary/aromatic N) is 1. The van der Waals surface area contributed by atoms with Gasteiger partial charge in [-0.25, -0.2) is 4.79 Å². The summed E-state index contributed by atoms with van der Waals surface area (Å²) < 4.78 is 4.80. The maximum Gasteiger partial charge on any atom is 0.326 e. The van der Waals surface area contributed by atoms with E-state index in [4.69, 9.17) is 4.74 Å². The van der Waals surface area contributed by atoms with Crippen LogP contribution in [0.3, 0.4) is 0 Å². The van der Waals surface area contributed by atoms with Crippen molar-refractivity contribution in [2.75, 3.05) is 13.2 Å². The minimum absolute atomic E-state index is 0.275. The number of imide groups is 2. The van der Waals surface area contributed by atoms with Crippen LogP contribution in [0.2, 0.25) is 0 Å². The number of nitrogens with one attached hydrogen (secondary N) is 2. The molecular formula is C21H19N3O6. The summed E-state index contributed by atoms with van der Waals surface area (Å²) in [6, 6.07) is 15.9. The molecule has 0 radical (unpaired) electrons. The standard InChI is InChI=1S/C21H19N3O6/c1-21(15-10-6-3-7-11-15)19(28)24(20(29)23-21)12-17(26)30-13-16(25)22-18(27)14-8-4-2-5-9-14/h2-11H,12-13H2,1H3,(H,23,29)(H,22,25,27)/t21-/m0/s1. The normalized spacial score (nSPS) is 18.0. The Morgan fingerprint density at radius 3 is 2.23 bits per heavy atom. The van der Waals surface area contributed by atoms with Gasteiger partial charge in [-0.2, -0.15) is 0 Å². The van der Waals surface area contributed by atoms with Crippen LogP contribution in [0.25, 0.3) is 0 Å². The minimum atomic E-state index is -1.31. The topological polar surface area (TPSA) is 122 Å². The monoisotopic (exact) mass is 409 g/mol. The second kappa shape index (κ2) is 8.56. The summed E-state index contributed by atoms with van der Waals surface area (Å²) in [7, 11) is 0. The third kappa shape index (κ3) is 4.35. The summed E-state index contributed by atoms with van der Waals surface area (Å²) in [5, 5.41) is 4.65. The third-order valence-corrected chi connectivity index (χ3v) is 4.57. The van der Waals surface area contributed by atoms with Crippen LogP contribution in [-0.4, -0.2) is 47.8 Å². The molecule has 1 aliphatic heterocycles. The number of carbonyl (C=O) groups excluding carboxylic acids is 5. The van der Waals surface area contributed by atoms with Gasteiger partial charge >= 0.3 is 12.0 Å². The Hall–Kier alpha value is -4.01. The van der Waals surface area contributed by atoms with Crippen LogP contribution in [0.4, 0.5) is 4.79 Å². The highest BCUT2D eigenvalue weighted by Crippen LogP contribution is 2.28. The van der Waals surface area contributed by atoms with Crippen molar-refractivity contribution in [2.45, 2.75) is 12.5 Å². The molecule has 9 heteroatoms. The average molecular weight is 409 g/mol. The van der Waals surface area contributed by atoms with Crippen molar-refractivity contribution in [1.82, 2.24) is 15.5 Å². The van der Waals surface area contributed by atoms with Gasteiger partial charge in [0, 0.05) is 5.56 Å². The Kier molecular flexibility index (Phi) is 5.91. The number of amides is 5. The van der Waals surface area contributed by atoms with Crippen molar-refractivity contribution in [3.05, 3.63) is 71.8 Å². The molecular weight excluding hydrogens is 390 g/mol. The second-order valence-electron chi connectivity index (χ2n) is 6.72. The van der Waals surface area contributed by atoms with Gasteiger partial charge in [-0.05, 0) is 24.6 Å². The van der Waals surface area contributed by atoms with Crippen molar-refractivity contribution < 1.29 is 28.7 Å². The van der Waals surface area contributed by atoms with Crippen molar-refractivity contribution in [1.29, 1.82) is 0 Å². The predicted octanol–water partition coefficient (Wildman–Crippen LogP) is 0.953. The molecule has 1 heterocycles. The van der Waals surface area contributed by atoms with E-state index in [-0.39, 0.29) is 5.56 Å². The van der Waals surface area contributed by atoms with Gasteiger partial charge in [0.25, 0.3) is 17.7 Å². The summed E-state index contributed by atoms with van der Waals surface area (Å²) in [5.74, 6) is -3.04. The molecule has 1 aliphatic rings. The Labute approximate surface area is 172 Å². The Morgan fingerprint density at radius 2 is 1.60 bits per heavy atom. The van der Waals surface area contributed by atoms with Crippen LogP contribution >= 0.6 is 0 Å². The number of hydrogen-bond donors (Lipinski definition) is 2. The highest BCUT2D eigenvalue weighted by molar-refractivity contribution is 6.09. The molecule has 0 aliphatic carbocycles. The molecule has 0 unspecified atom stereocenters. The zero-order chi connectivity index (χ0) is 21.7. The van der Waals surface area contributed by atoms with Gasteiger partial charge in [-0.1, -0.05) is 48.5 Å². The summed E-state index contributed by atoms with van der Waals surface area (Å²) in [6.45, 7) is 0.153. The maximum absolute atomic E-state index is 12.7. The quantitative estimate of drug-likeness (QED) is 0.541. The predicted molar refractivity (Wildman–Crippen MR) is 104 cm³/mol. The smallest absolute Gasteiger partial charge is 0.326 e. The Balaban J connectivity index is 1.53. The van der Waals surface area contributed by atoms with Crippen LogP contribution < -0.4 is 10.6 Å². The number of carbonyl (C=O) groups is 5. The van der Waals surface area contributed by atoms with E-state index in [2.05, 4.69) is 10.6 Å². The lowest BCUT2D eigenvalue weighted by Gasteiger charge is -2.21. The number of rotatable bonds is 6. The van der Waals surface area contributed by atoms with Gasteiger partial charge in [0.15, 0.2) is 6.61 Å². The van der Waals surface area contributed by atoms with Crippen LogP contribution in [0.15, 0.2) is 60.7 Å². The zero-order valence-corrected chi connectivity index (χ0v) is 16.1. The molecule has 2 aromatic rings. The van der Waals surface area contributed by atoms with E-state index in [0.29, 0.717) is 5.56 Å². The van der Waals surface area contributed by atoms with Crippen molar-refractivity contribution >= 4 is 29.7 Å². The molecule has 0 saturated carbocycles. The van der Waals surface area contributed by atoms with Gasteiger partial charge < -0.3 is 10.1 Å². The minimum Gasteiger partial charge on any atom is -0.454 e. The largest absolute Gasteiger partial charge is 0.454 e. The van der Waals surface area contributed by atoms with E-state index in [1.807, 2.05) is 0 Å². The molecule has 2 aromatic carbocycles. The number of esters is 1. The number of hydrogen-bond acceptors (Lipinski definition) is 6. The van der Waals surface area contributed by atoms with Gasteiger partial charge in [0.2, 0.25) is 0 Å². The fourth-order valence-electron chi connectivity index (χ4n) is 2.95. The highest BCUT2D eigenvalue weighted by Gasteiger charge is 2.49. The van der Waals surface area contributed by atoms with Gasteiger partial charge in [-0.3, -0.25) is 29.4 Å². The molecule has 1 fully saturated rings. The Bertz CT molecular complexity index is 992. The van der Waals surface area contributed by atoms with Crippen molar-refractivity contribution in [2.24, 2.45) is 0 Å². The first-order valence-electron chi connectivity index (χ1n) is 9.06. The molecule has 154 valence electrons. The molecule has 0 aromatic heterocycles. The summed E-state index contributed by atoms with van der Waals surface area (Å²) in [6.07, 6.45) is 0. The van der Waals surface area contributed by atoms with E-state index < -0.39 is 48.4 Å². The van der Waals surface area contributed by atoms with E-state index >= 15 is 0 Å². The first-order valence-corrected chi connectivity index (χ1v) is 9.06. The summed E-state index contributed by atoms with van der Waals surface area (Å²) in [5.41, 5.74) is -0.465. The van der Waals surface area contributed by atoms with Gasteiger partial charge in [0.1, 0.15) is 12.1 Å². The number of urea groups is 1. The van der Waals surface area contributed by atoms with Crippen molar-refractivity contribution in [3.8, 4) is 0 Å². The van der Waals surface area contributed by atoms with Crippen molar-refractivity contribution in [3.63, 3.8) is 0 Å². The van der Waals surface area contributed by atoms with Crippen LogP contribution in [0.1, 0.15) is 22.8 Å². The van der Waals surface area contributed by atoms with Gasteiger partial charge in [0.05, 0.1) is 0 Å². The van der Waals surface area contributed by atoms with E-state index in [1.165, 1.54) is 19.1 Å². The van der Waals surface area contributed by atoms with Gasteiger partial charge in [-0.15, -0.1) is 0 Å². The van der Waals surface area contributed by atoms with E-state index in [1.54, 1.807) is 48.5 Å². The molecule has 0 bridgehead atoms. The summed E-state index contributed by atoms with van der Waals surface area (Å²) in [4.78, 5) is 61.4. The SMILES string of the molecule is C[C@@]1(c2ccccc2)NC(=O)N(CC(=O)OCC(=O)NC(=O)c2ccccc2)C1=O. The third-order valence-electron chi connectivity index (χ3n) is 4.57.